The molecular formula is C18H18N2O2S. The van der Waals surface area contributed by atoms with Crippen molar-refractivity contribution >= 4 is 35.0 Å². The third kappa shape index (κ3) is 3.10. The van der Waals surface area contributed by atoms with Gasteiger partial charge in [-0.25, -0.2) is 0 Å². The molecule has 0 spiro atoms. The van der Waals surface area contributed by atoms with Crippen molar-refractivity contribution in [3.8, 4) is 0 Å². The molecule has 0 fully saturated rings. The van der Waals surface area contributed by atoms with Gasteiger partial charge in [0.1, 0.15) is 0 Å². The molecule has 0 radical (unpaired) electrons. The first-order valence-electron chi connectivity index (χ1n) is 7.45. The van der Waals surface area contributed by atoms with Gasteiger partial charge in [-0.2, -0.15) is 0 Å². The van der Waals surface area contributed by atoms with E-state index in [-0.39, 0.29) is 11.8 Å². The van der Waals surface area contributed by atoms with Gasteiger partial charge in [0.05, 0.1) is 5.56 Å². The maximum absolute atomic E-state index is 12.5. The molecule has 2 aromatic rings. The van der Waals surface area contributed by atoms with Crippen LogP contribution in [0, 0.1) is 0 Å². The van der Waals surface area contributed by atoms with E-state index in [1.807, 2.05) is 48.7 Å². The van der Waals surface area contributed by atoms with Crippen LogP contribution in [0.3, 0.4) is 0 Å². The van der Waals surface area contributed by atoms with Crippen molar-refractivity contribution < 1.29 is 9.59 Å². The smallest absolute Gasteiger partial charge is 0.256 e. The maximum atomic E-state index is 12.5. The summed E-state index contributed by atoms with van der Waals surface area (Å²) in [6.45, 7) is 2.27. The molecule has 23 heavy (non-hydrogen) atoms. The van der Waals surface area contributed by atoms with Crippen molar-refractivity contribution in [3.63, 3.8) is 0 Å². The topological polar surface area (TPSA) is 49.4 Å². The Morgan fingerprint density at radius 3 is 2.70 bits per heavy atom. The van der Waals surface area contributed by atoms with Crippen molar-refractivity contribution in [2.24, 2.45) is 0 Å². The zero-order valence-corrected chi connectivity index (χ0v) is 13.9. The van der Waals surface area contributed by atoms with Gasteiger partial charge in [0.25, 0.3) is 5.91 Å². The van der Waals surface area contributed by atoms with E-state index < -0.39 is 0 Å². The number of nitrogens with zero attached hydrogens (tertiary/aromatic N) is 1. The van der Waals surface area contributed by atoms with Crippen LogP contribution < -0.4 is 10.2 Å². The summed E-state index contributed by atoms with van der Waals surface area (Å²) in [6, 6.07) is 13.3. The molecule has 118 valence electrons. The second-order valence-electron chi connectivity index (χ2n) is 5.42. The monoisotopic (exact) mass is 326 g/mol. The van der Waals surface area contributed by atoms with Gasteiger partial charge in [-0.1, -0.05) is 18.2 Å². The van der Waals surface area contributed by atoms with Gasteiger partial charge in [0, 0.05) is 29.7 Å². The summed E-state index contributed by atoms with van der Waals surface area (Å²) in [5.41, 5.74) is 3.40. The summed E-state index contributed by atoms with van der Waals surface area (Å²) in [5.74, 6) is -0.109. The van der Waals surface area contributed by atoms with Crippen molar-refractivity contribution in [1.82, 2.24) is 0 Å². The van der Waals surface area contributed by atoms with E-state index in [0.717, 1.165) is 22.6 Å². The van der Waals surface area contributed by atoms with Crippen molar-refractivity contribution in [2.75, 3.05) is 23.0 Å². The summed E-state index contributed by atoms with van der Waals surface area (Å²) >= 11 is 1.54. The Kier molecular flexibility index (Phi) is 4.39. The number of hydrogen-bond acceptors (Lipinski definition) is 3. The highest BCUT2D eigenvalue weighted by atomic mass is 32.2. The lowest BCUT2D eigenvalue weighted by molar-refractivity contribution is -0.116. The molecule has 1 N–H and O–H groups in total. The average molecular weight is 326 g/mol. The second kappa shape index (κ2) is 6.46. The van der Waals surface area contributed by atoms with Gasteiger partial charge < -0.3 is 10.2 Å². The summed E-state index contributed by atoms with van der Waals surface area (Å²) in [7, 11) is 0. The Hall–Kier alpha value is -2.27. The van der Waals surface area contributed by atoms with Gasteiger partial charge in [-0.3, -0.25) is 9.59 Å². The summed E-state index contributed by atoms with van der Waals surface area (Å²) in [4.78, 5) is 26.9. The van der Waals surface area contributed by atoms with E-state index >= 15 is 0 Å². The van der Waals surface area contributed by atoms with Crippen LogP contribution in [0.4, 0.5) is 11.4 Å². The predicted molar refractivity (Wildman–Crippen MR) is 94.3 cm³/mol. The quantitative estimate of drug-likeness (QED) is 0.877. The molecule has 2 amide bonds. The number of anilines is 2. The minimum Gasteiger partial charge on any atom is -0.322 e. The summed E-state index contributed by atoms with van der Waals surface area (Å²) < 4.78 is 0. The number of nitrogens with one attached hydrogen (secondary N) is 1. The third-order valence-corrected chi connectivity index (χ3v) is 4.77. The molecule has 1 heterocycles. The third-order valence-electron chi connectivity index (χ3n) is 3.97. The molecule has 0 saturated heterocycles. The largest absolute Gasteiger partial charge is 0.322 e. The molecule has 0 aliphatic carbocycles. The van der Waals surface area contributed by atoms with E-state index in [1.54, 1.807) is 23.6 Å². The number of benzene rings is 2. The number of thioether (sulfide) groups is 1. The standard InChI is InChI=1S/C18H18N2O2S/c1-12(21)20-10-9-13-7-8-14(11-16(13)20)19-18(22)15-5-3-4-6-17(15)23-2/h3-8,11H,9-10H2,1-2H3,(H,19,22). The Labute approximate surface area is 139 Å². The Morgan fingerprint density at radius 1 is 1.17 bits per heavy atom. The first-order chi connectivity index (χ1) is 11.1. The van der Waals surface area contributed by atoms with Crippen LogP contribution in [0.5, 0.6) is 0 Å². The fourth-order valence-electron chi connectivity index (χ4n) is 2.81. The molecule has 0 saturated carbocycles. The highest BCUT2D eigenvalue weighted by Gasteiger charge is 2.22. The first kappa shape index (κ1) is 15.6. The van der Waals surface area contributed by atoms with Gasteiger partial charge in [0.2, 0.25) is 5.91 Å². The minimum absolute atomic E-state index is 0.0277. The van der Waals surface area contributed by atoms with Gasteiger partial charge in [-0.15, -0.1) is 11.8 Å². The van der Waals surface area contributed by atoms with Crippen molar-refractivity contribution in [1.29, 1.82) is 0 Å². The Morgan fingerprint density at radius 2 is 1.96 bits per heavy atom. The lowest BCUT2D eigenvalue weighted by atomic mass is 10.1. The Balaban J connectivity index is 1.85. The van der Waals surface area contributed by atoms with Gasteiger partial charge in [0.15, 0.2) is 0 Å². The highest BCUT2D eigenvalue weighted by Crippen LogP contribution is 2.31. The Bertz CT molecular complexity index is 773. The summed E-state index contributed by atoms with van der Waals surface area (Å²) in [5, 5.41) is 2.93. The molecular weight excluding hydrogens is 308 g/mol. The predicted octanol–water partition coefficient (Wildman–Crippen LogP) is 3.57. The SMILES string of the molecule is CSc1ccccc1C(=O)Nc1ccc2c(c1)N(C(C)=O)CC2. The minimum atomic E-state index is -0.137. The lowest BCUT2D eigenvalue weighted by Crippen LogP contribution is -2.25. The van der Waals surface area contributed by atoms with Crippen LogP contribution in [0.15, 0.2) is 47.4 Å². The molecule has 3 rings (SSSR count). The van der Waals surface area contributed by atoms with E-state index in [0.29, 0.717) is 17.8 Å². The normalized spacial score (nSPS) is 12.9. The molecule has 5 heteroatoms. The first-order valence-corrected chi connectivity index (χ1v) is 8.68. The van der Waals surface area contributed by atoms with Crippen molar-refractivity contribution in [3.05, 3.63) is 53.6 Å². The van der Waals surface area contributed by atoms with Crippen LogP contribution in [0.1, 0.15) is 22.8 Å². The highest BCUT2D eigenvalue weighted by molar-refractivity contribution is 7.98. The van der Waals surface area contributed by atoms with Crippen LogP contribution in [-0.4, -0.2) is 24.6 Å². The fourth-order valence-corrected chi connectivity index (χ4v) is 3.41. The molecule has 1 aliphatic rings. The molecule has 0 bridgehead atoms. The van der Waals surface area contributed by atoms with Gasteiger partial charge >= 0.3 is 0 Å². The van der Waals surface area contributed by atoms with E-state index in [9.17, 15) is 9.59 Å². The molecule has 0 atom stereocenters. The number of rotatable bonds is 3. The molecule has 1 aliphatic heterocycles. The number of carbonyl (C=O) groups is 2. The lowest BCUT2D eigenvalue weighted by Gasteiger charge is -2.16. The molecule has 0 unspecified atom stereocenters. The zero-order chi connectivity index (χ0) is 16.4. The van der Waals surface area contributed by atoms with Crippen LogP contribution in [0.25, 0.3) is 0 Å². The van der Waals surface area contributed by atoms with E-state index in [1.165, 1.54) is 0 Å². The number of fused-ring (bicyclic) bond motifs is 1. The van der Waals surface area contributed by atoms with Crippen LogP contribution in [-0.2, 0) is 11.2 Å². The second-order valence-corrected chi connectivity index (χ2v) is 6.27. The van der Waals surface area contributed by atoms with Crippen LogP contribution in [0.2, 0.25) is 0 Å². The van der Waals surface area contributed by atoms with E-state index in [4.69, 9.17) is 0 Å². The summed E-state index contributed by atoms with van der Waals surface area (Å²) in [6.07, 6.45) is 2.81. The van der Waals surface area contributed by atoms with Crippen LogP contribution >= 0.6 is 11.8 Å². The molecule has 4 nitrogen and oxygen atoms in total. The van der Waals surface area contributed by atoms with Crippen molar-refractivity contribution in [2.45, 2.75) is 18.2 Å². The van der Waals surface area contributed by atoms with Gasteiger partial charge in [-0.05, 0) is 42.5 Å². The fraction of sp³-hybridized carbons (Fsp3) is 0.222. The van der Waals surface area contributed by atoms with E-state index in [2.05, 4.69) is 5.32 Å². The zero-order valence-electron chi connectivity index (χ0n) is 13.1. The number of hydrogen-bond donors (Lipinski definition) is 1. The molecule has 0 aromatic heterocycles. The average Bonchev–Trinajstić information content (AvgIpc) is 2.98. The molecule has 2 aromatic carbocycles. The number of carbonyl (C=O) groups excluding carboxylic acids is 2. The number of amides is 2. The maximum Gasteiger partial charge on any atom is 0.256 e.